The van der Waals surface area contributed by atoms with E-state index in [4.69, 9.17) is 9.47 Å². The summed E-state index contributed by atoms with van der Waals surface area (Å²) in [6, 6.07) is 24.5. The van der Waals surface area contributed by atoms with Gasteiger partial charge in [-0.2, -0.15) is 0 Å². The van der Waals surface area contributed by atoms with Crippen LogP contribution in [0.15, 0.2) is 77.3 Å². The van der Waals surface area contributed by atoms with Crippen molar-refractivity contribution in [2.75, 3.05) is 12.4 Å². The maximum atomic E-state index is 6.47. The van der Waals surface area contributed by atoms with Crippen molar-refractivity contribution < 1.29 is 9.47 Å². The lowest BCUT2D eigenvalue weighted by Gasteiger charge is -2.35. The van der Waals surface area contributed by atoms with Gasteiger partial charge >= 0.3 is 0 Å². The number of hydrogen-bond acceptors (Lipinski definition) is 3. The van der Waals surface area contributed by atoms with Gasteiger partial charge in [0.1, 0.15) is 11.9 Å². The molecular weight excluding hydrogens is 378 g/mol. The predicted octanol–water partition coefficient (Wildman–Crippen LogP) is 5.69. The van der Waals surface area contributed by atoms with Gasteiger partial charge in [0.25, 0.3) is 0 Å². The van der Waals surface area contributed by atoms with Crippen LogP contribution in [0.4, 0.5) is 5.69 Å². The molecule has 1 aliphatic rings. The predicted molar refractivity (Wildman–Crippen MR) is 103 cm³/mol. The van der Waals surface area contributed by atoms with E-state index >= 15 is 0 Å². The quantitative estimate of drug-likeness (QED) is 0.617. The Bertz CT molecular complexity index is 882. The Kier molecular flexibility index (Phi) is 4.47. The summed E-state index contributed by atoms with van der Waals surface area (Å²) in [7, 11) is 1.68. The first-order valence-electron chi connectivity index (χ1n) is 8.15. The molecule has 0 fully saturated rings. The van der Waals surface area contributed by atoms with E-state index in [2.05, 4.69) is 45.5 Å². The van der Waals surface area contributed by atoms with Gasteiger partial charge in [0.2, 0.25) is 0 Å². The zero-order valence-electron chi connectivity index (χ0n) is 13.8. The molecule has 25 heavy (non-hydrogen) atoms. The second-order valence-electron chi connectivity index (χ2n) is 5.92. The highest BCUT2D eigenvalue weighted by atomic mass is 79.9. The van der Waals surface area contributed by atoms with Crippen LogP contribution in [-0.4, -0.2) is 7.11 Å². The minimum Gasteiger partial charge on any atom is -0.496 e. The molecule has 0 aliphatic carbocycles. The van der Waals surface area contributed by atoms with Crippen molar-refractivity contribution in [3.8, 4) is 5.75 Å². The molecular formula is C21H18BrNO2. The molecule has 3 aromatic carbocycles. The largest absolute Gasteiger partial charge is 0.496 e. The van der Waals surface area contributed by atoms with Crippen LogP contribution in [0.1, 0.15) is 29.0 Å². The molecule has 1 N–H and O–H groups in total. The van der Waals surface area contributed by atoms with Gasteiger partial charge in [-0.05, 0) is 29.8 Å². The highest BCUT2D eigenvalue weighted by Gasteiger charge is 2.30. The van der Waals surface area contributed by atoms with Gasteiger partial charge in [0.15, 0.2) is 6.23 Å². The molecule has 1 heterocycles. The molecule has 0 saturated carbocycles. The van der Waals surface area contributed by atoms with Crippen molar-refractivity contribution >= 4 is 21.6 Å². The Morgan fingerprint density at radius 3 is 2.48 bits per heavy atom. The Morgan fingerprint density at radius 2 is 1.68 bits per heavy atom. The van der Waals surface area contributed by atoms with Crippen LogP contribution in [0.3, 0.4) is 0 Å². The maximum Gasteiger partial charge on any atom is 0.158 e. The maximum absolute atomic E-state index is 6.47. The fourth-order valence-electron chi connectivity index (χ4n) is 3.19. The van der Waals surface area contributed by atoms with Gasteiger partial charge in [-0.25, -0.2) is 0 Å². The summed E-state index contributed by atoms with van der Waals surface area (Å²) in [5.74, 6) is 0.812. The number of benzene rings is 3. The first-order valence-corrected chi connectivity index (χ1v) is 8.95. The molecule has 3 aromatic rings. The molecule has 3 nitrogen and oxygen atoms in total. The van der Waals surface area contributed by atoms with Crippen LogP contribution in [0.2, 0.25) is 0 Å². The summed E-state index contributed by atoms with van der Waals surface area (Å²) >= 11 is 3.57. The summed E-state index contributed by atoms with van der Waals surface area (Å²) in [4.78, 5) is 0. The summed E-state index contributed by atoms with van der Waals surface area (Å²) in [5, 5.41) is 3.49. The molecule has 0 saturated heterocycles. The van der Waals surface area contributed by atoms with Crippen molar-refractivity contribution in [2.45, 2.75) is 12.3 Å². The molecule has 0 amide bonds. The minimum atomic E-state index is -0.282. The van der Waals surface area contributed by atoms with Gasteiger partial charge in [0.05, 0.1) is 7.11 Å². The van der Waals surface area contributed by atoms with Gasteiger partial charge in [0, 0.05) is 21.3 Å². The van der Waals surface area contributed by atoms with Crippen LogP contribution in [0.25, 0.3) is 0 Å². The molecule has 126 valence electrons. The van der Waals surface area contributed by atoms with E-state index in [1.807, 2.05) is 48.5 Å². The Hall–Kier alpha value is -2.30. The molecule has 0 spiro atoms. The van der Waals surface area contributed by atoms with Crippen LogP contribution in [-0.2, 0) is 4.74 Å². The second kappa shape index (κ2) is 6.90. The van der Waals surface area contributed by atoms with Gasteiger partial charge in [-0.1, -0.05) is 64.5 Å². The van der Waals surface area contributed by atoms with Gasteiger partial charge < -0.3 is 14.8 Å². The third kappa shape index (κ3) is 3.15. The highest BCUT2D eigenvalue weighted by molar-refractivity contribution is 9.10. The number of anilines is 1. The fourth-order valence-corrected chi connectivity index (χ4v) is 3.57. The van der Waals surface area contributed by atoms with E-state index in [0.717, 1.165) is 32.6 Å². The SMILES string of the molecule is COc1ccccc1[C@H]1Nc2ccc(Br)cc2[C@H](c2ccccc2)O1. The molecule has 0 radical (unpaired) electrons. The van der Waals surface area contributed by atoms with Crippen LogP contribution in [0.5, 0.6) is 5.75 Å². The number of fused-ring (bicyclic) bond motifs is 1. The zero-order chi connectivity index (χ0) is 17.2. The van der Waals surface area contributed by atoms with Crippen LogP contribution < -0.4 is 10.1 Å². The van der Waals surface area contributed by atoms with E-state index in [1.165, 1.54) is 0 Å². The lowest BCUT2D eigenvalue weighted by molar-refractivity contribution is 0.0145. The standard InChI is InChI=1S/C21H18BrNO2/c1-24-19-10-6-5-9-16(19)21-23-18-12-11-15(22)13-17(18)20(25-21)14-7-3-2-4-8-14/h2-13,20-21,23H,1H3/t20-,21-/m0/s1. The van der Waals surface area contributed by atoms with Crippen molar-refractivity contribution in [1.29, 1.82) is 0 Å². The lowest BCUT2D eigenvalue weighted by atomic mass is 9.97. The topological polar surface area (TPSA) is 30.5 Å². The lowest BCUT2D eigenvalue weighted by Crippen LogP contribution is -2.25. The monoisotopic (exact) mass is 395 g/mol. The van der Waals surface area contributed by atoms with Crippen molar-refractivity contribution in [3.63, 3.8) is 0 Å². The number of halogens is 1. The number of ether oxygens (including phenoxy) is 2. The summed E-state index contributed by atoms with van der Waals surface area (Å²) in [5.41, 5.74) is 4.30. The van der Waals surface area contributed by atoms with E-state index < -0.39 is 0 Å². The summed E-state index contributed by atoms with van der Waals surface area (Å²) in [6.07, 6.45) is -0.431. The first kappa shape index (κ1) is 16.2. The molecule has 4 rings (SSSR count). The van der Waals surface area contributed by atoms with Crippen molar-refractivity contribution in [3.05, 3.63) is 94.0 Å². The minimum absolute atomic E-state index is 0.148. The fraction of sp³-hybridized carbons (Fsp3) is 0.143. The number of nitrogens with one attached hydrogen (secondary N) is 1. The second-order valence-corrected chi connectivity index (χ2v) is 6.84. The molecule has 0 unspecified atom stereocenters. The number of rotatable bonds is 3. The van der Waals surface area contributed by atoms with Crippen molar-refractivity contribution in [2.24, 2.45) is 0 Å². The third-order valence-electron chi connectivity index (χ3n) is 4.38. The van der Waals surface area contributed by atoms with Crippen LogP contribution in [0, 0.1) is 0 Å². The number of methoxy groups -OCH3 is 1. The van der Waals surface area contributed by atoms with Gasteiger partial charge in [-0.3, -0.25) is 0 Å². The zero-order valence-corrected chi connectivity index (χ0v) is 15.4. The molecule has 4 heteroatoms. The molecule has 0 bridgehead atoms. The van der Waals surface area contributed by atoms with Crippen molar-refractivity contribution in [1.82, 2.24) is 0 Å². The van der Waals surface area contributed by atoms with E-state index in [0.29, 0.717) is 0 Å². The third-order valence-corrected chi connectivity index (χ3v) is 4.87. The number of para-hydroxylation sites is 1. The smallest absolute Gasteiger partial charge is 0.158 e. The Morgan fingerprint density at radius 1 is 0.920 bits per heavy atom. The average molecular weight is 396 g/mol. The Labute approximate surface area is 155 Å². The molecule has 0 aromatic heterocycles. The first-order chi connectivity index (χ1) is 12.3. The Balaban J connectivity index is 1.80. The van der Waals surface area contributed by atoms with E-state index in [9.17, 15) is 0 Å². The molecule has 2 atom stereocenters. The van der Waals surface area contributed by atoms with E-state index in [-0.39, 0.29) is 12.3 Å². The van der Waals surface area contributed by atoms with Crippen LogP contribution >= 0.6 is 15.9 Å². The summed E-state index contributed by atoms with van der Waals surface area (Å²) < 4.78 is 13.0. The average Bonchev–Trinajstić information content (AvgIpc) is 2.68. The highest BCUT2D eigenvalue weighted by Crippen LogP contribution is 2.43. The van der Waals surface area contributed by atoms with E-state index in [1.54, 1.807) is 7.11 Å². The van der Waals surface area contributed by atoms with Gasteiger partial charge in [-0.15, -0.1) is 0 Å². The molecule has 1 aliphatic heterocycles. The normalized spacial score (nSPS) is 19.0. The number of hydrogen-bond donors (Lipinski definition) is 1. The summed E-state index contributed by atoms with van der Waals surface area (Å²) in [6.45, 7) is 0.